The second kappa shape index (κ2) is 3.35. The molecule has 5 heteroatoms. The van der Waals surface area contributed by atoms with Crippen LogP contribution in [-0.2, 0) is 0 Å². The highest BCUT2D eigenvalue weighted by molar-refractivity contribution is 7.14. The lowest BCUT2D eigenvalue weighted by Crippen LogP contribution is -2.30. The first kappa shape index (κ1) is 9.38. The topological polar surface area (TPSA) is 3.24 Å². The van der Waals surface area contributed by atoms with Crippen molar-refractivity contribution in [2.24, 2.45) is 0 Å². The Morgan fingerprint density at radius 1 is 1.50 bits per heavy atom. The van der Waals surface area contributed by atoms with Crippen LogP contribution in [0.5, 0.6) is 0 Å². The molecule has 1 aromatic heterocycles. The van der Waals surface area contributed by atoms with Gasteiger partial charge in [-0.2, -0.15) is 13.2 Å². The fraction of sp³-hybridized carbons (Fsp3) is 0.429. The molecule has 0 atom stereocenters. The zero-order chi connectivity index (χ0) is 9.19. The second-order valence-electron chi connectivity index (χ2n) is 2.42. The molecule has 0 amide bonds. The molecule has 1 heterocycles. The van der Waals surface area contributed by atoms with E-state index in [1.54, 1.807) is 17.5 Å². The van der Waals surface area contributed by atoms with E-state index in [4.69, 9.17) is 0 Å². The van der Waals surface area contributed by atoms with Gasteiger partial charge in [-0.3, -0.25) is 0 Å². The van der Waals surface area contributed by atoms with Crippen molar-refractivity contribution in [1.82, 2.24) is 0 Å². The molecule has 1 aromatic rings. The van der Waals surface area contributed by atoms with Crippen molar-refractivity contribution < 1.29 is 13.2 Å². The van der Waals surface area contributed by atoms with Crippen LogP contribution in [0, 0.1) is 0 Å². The Kier molecular flexibility index (Phi) is 2.62. The van der Waals surface area contributed by atoms with Gasteiger partial charge in [-0.15, -0.1) is 11.3 Å². The summed E-state index contributed by atoms with van der Waals surface area (Å²) in [6.07, 6.45) is -4.13. The molecule has 0 saturated heterocycles. The van der Waals surface area contributed by atoms with Gasteiger partial charge in [-0.25, -0.2) is 0 Å². The largest absolute Gasteiger partial charge is 0.405 e. The molecule has 1 rings (SSSR count). The van der Waals surface area contributed by atoms with Crippen LogP contribution in [0.4, 0.5) is 18.2 Å². The van der Waals surface area contributed by atoms with Crippen LogP contribution in [-0.4, -0.2) is 19.8 Å². The summed E-state index contributed by atoms with van der Waals surface area (Å²) in [5, 5.41) is 2.38. The van der Waals surface area contributed by atoms with Crippen molar-refractivity contribution in [3.8, 4) is 0 Å². The molecule has 0 aliphatic heterocycles. The maximum absolute atomic E-state index is 11.9. The van der Waals surface area contributed by atoms with Crippen molar-refractivity contribution in [2.75, 3.05) is 18.5 Å². The molecule has 0 aliphatic carbocycles. The summed E-state index contributed by atoms with van der Waals surface area (Å²) < 4.78 is 35.6. The maximum atomic E-state index is 11.9. The van der Waals surface area contributed by atoms with Crippen LogP contribution >= 0.6 is 11.3 Å². The molecular formula is C7H8F3NS. The van der Waals surface area contributed by atoms with Crippen molar-refractivity contribution >= 4 is 16.3 Å². The summed E-state index contributed by atoms with van der Waals surface area (Å²) in [6, 6.07) is 3.39. The summed E-state index contributed by atoms with van der Waals surface area (Å²) in [5.41, 5.74) is 0. The quantitative estimate of drug-likeness (QED) is 0.701. The Balaban J connectivity index is 2.56. The number of anilines is 1. The van der Waals surface area contributed by atoms with Crippen LogP contribution in [0.2, 0.25) is 0 Å². The predicted molar refractivity (Wildman–Crippen MR) is 43.6 cm³/mol. The highest BCUT2D eigenvalue weighted by Gasteiger charge is 2.29. The van der Waals surface area contributed by atoms with E-state index in [-0.39, 0.29) is 0 Å². The van der Waals surface area contributed by atoms with Gasteiger partial charge in [0, 0.05) is 7.05 Å². The number of thiophene rings is 1. The van der Waals surface area contributed by atoms with E-state index in [0.29, 0.717) is 5.00 Å². The Bertz CT molecular complexity index is 229. The first-order valence-electron chi connectivity index (χ1n) is 3.30. The van der Waals surface area contributed by atoms with Crippen molar-refractivity contribution in [1.29, 1.82) is 0 Å². The molecule has 0 fully saturated rings. The SMILES string of the molecule is CN(CC(F)(F)F)c1cccs1. The number of alkyl halides is 3. The lowest BCUT2D eigenvalue weighted by atomic mass is 10.5. The van der Waals surface area contributed by atoms with Crippen LogP contribution in [0.3, 0.4) is 0 Å². The third-order valence-corrected chi connectivity index (χ3v) is 2.28. The Morgan fingerprint density at radius 3 is 2.58 bits per heavy atom. The molecule has 12 heavy (non-hydrogen) atoms. The van der Waals surface area contributed by atoms with E-state index >= 15 is 0 Å². The van der Waals surface area contributed by atoms with Gasteiger partial charge in [0.25, 0.3) is 0 Å². The van der Waals surface area contributed by atoms with Crippen molar-refractivity contribution in [2.45, 2.75) is 6.18 Å². The molecule has 0 saturated carbocycles. The lowest BCUT2D eigenvalue weighted by Gasteiger charge is -2.18. The Hall–Kier alpha value is -0.710. The molecule has 68 valence electrons. The second-order valence-corrected chi connectivity index (χ2v) is 3.35. The van der Waals surface area contributed by atoms with E-state index in [2.05, 4.69) is 0 Å². The Morgan fingerprint density at radius 2 is 2.17 bits per heavy atom. The average molecular weight is 195 g/mol. The summed E-state index contributed by atoms with van der Waals surface area (Å²) >= 11 is 1.30. The normalized spacial score (nSPS) is 11.7. The smallest absolute Gasteiger partial charge is 0.357 e. The van der Waals surface area contributed by atoms with Crippen molar-refractivity contribution in [3.63, 3.8) is 0 Å². The van der Waals surface area contributed by atoms with Gasteiger partial charge in [0.15, 0.2) is 0 Å². The number of halogens is 3. The van der Waals surface area contributed by atoms with Gasteiger partial charge in [0.2, 0.25) is 0 Å². The number of hydrogen-bond acceptors (Lipinski definition) is 2. The van der Waals surface area contributed by atoms with E-state index in [1.165, 1.54) is 23.3 Å². The zero-order valence-corrected chi connectivity index (χ0v) is 7.25. The fourth-order valence-electron chi connectivity index (χ4n) is 0.834. The minimum atomic E-state index is -4.13. The van der Waals surface area contributed by atoms with Crippen LogP contribution in [0.25, 0.3) is 0 Å². The third kappa shape index (κ3) is 2.73. The fourth-order valence-corrected chi connectivity index (χ4v) is 1.53. The molecule has 0 N–H and O–H groups in total. The lowest BCUT2D eigenvalue weighted by molar-refractivity contribution is -0.119. The van der Waals surface area contributed by atoms with E-state index in [9.17, 15) is 13.2 Å². The molecule has 0 bridgehead atoms. The zero-order valence-electron chi connectivity index (χ0n) is 6.43. The predicted octanol–water partition coefficient (Wildman–Crippen LogP) is 2.75. The Labute approximate surface area is 72.4 Å². The third-order valence-electron chi connectivity index (χ3n) is 1.30. The highest BCUT2D eigenvalue weighted by atomic mass is 32.1. The van der Waals surface area contributed by atoms with Gasteiger partial charge in [-0.1, -0.05) is 0 Å². The molecule has 0 aromatic carbocycles. The van der Waals surface area contributed by atoms with Crippen LogP contribution < -0.4 is 4.90 Å². The van der Waals surface area contributed by atoms with Gasteiger partial charge < -0.3 is 4.90 Å². The average Bonchev–Trinajstić information content (AvgIpc) is 2.32. The number of rotatable bonds is 2. The van der Waals surface area contributed by atoms with Crippen molar-refractivity contribution in [3.05, 3.63) is 17.5 Å². The first-order chi connectivity index (χ1) is 5.49. The first-order valence-corrected chi connectivity index (χ1v) is 4.18. The minimum absolute atomic E-state index is 0.632. The van der Waals surface area contributed by atoms with E-state index < -0.39 is 12.7 Å². The van der Waals surface area contributed by atoms with Gasteiger partial charge >= 0.3 is 6.18 Å². The molecule has 1 nitrogen and oxygen atoms in total. The minimum Gasteiger partial charge on any atom is -0.357 e. The number of nitrogens with zero attached hydrogens (tertiary/aromatic N) is 1. The maximum Gasteiger partial charge on any atom is 0.405 e. The number of hydrogen-bond donors (Lipinski definition) is 0. The van der Waals surface area contributed by atoms with Gasteiger partial charge in [-0.05, 0) is 17.5 Å². The summed E-state index contributed by atoms with van der Waals surface area (Å²) in [4.78, 5) is 1.19. The van der Waals surface area contributed by atoms with E-state index in [1.807, 2.05) is 0 Å². The summed E-state index contributed by atoms with van der Waals surface area (Å²) in [7, 11) is 1.43. The standard InChI is InChI=1S/C7H8F3NS/c1-11(5-7(8,9)10)6-3-2-4-12-6/h2-4H,5H2,1H3. The molecular weight excluding hydrogens is 187 g/mol. The van der Waals surface area contributed by atoms with Gasteiger partial charge in [0.1, 0.15) is 6.54 Å². The van der Waals surface area contributed by atoms with E-state index in [0.717, 1.165) is 0 Å². The van der Waals surface area contributed by atoms with Crippen LogP contribution in [0.15, 0.2) is 17.5 Å². The highest BCUT2D eigenvalue weighted by Crippen LogP contribution is 2.24. The summed E-state index contributed by atoms with van der Waals surface area (Å²) in [6.45, 7) is -0.895. The molecule has 0 radical (unpaired) electrons. The molecule has 0 unspecified atom stereocenters. The molecule has 0 aliphatic rings. The van der Waals surface area contributed by atoms with Gasteiger partial charge in [0.05, 0.1) is 5.00 Å². The molecule has 0 spiro atoms. The monoisotopic (exact) mass is 195 g/mol. The van der Waals surface area contributed by atoms with Crippen LogP contribution in [0.1, 0.15) is 0 Å². The summed E-state index contributed by atoms with van der Waals surface area (Å²) in [5.74, 6) is 0.